The molecule has 0 saturated carbocycles. The van der Waals surface area contributed by atoms with E-state index in [0.717, 1.165) is 29.2 Å². The number of carbonyl (C=O) groups is 1. The maximum Gasteiger partial charge on any atom is 0.239 e. The minimum absolute atomic E-state index is 0.0138. The Morgan fingerprint density at radius 2 is 2.10 bits per heavy atom. The SMILES string of the molecule is CCCNCc1c(Cl)cccc1N(C)CC(=O)NC(C)C. The van der Waals surface area contributed by atoms with Crippen LogP contribution < -0.4 is 15.5 Å². The number of nitrogens with one attached hydrogen (secondary N) is 2. The van der Waals surface area contributed by atoms with Crippen molar-refractivity contribution in [2.24, 2.45) is 0 Å². The maximum atomic E-state index is 11.9. The first-order chi connectivity index (χ1) is 9.95. The zero-order chi connectivity index (χ0) is 15.8. The van der Waals surface area contributed by atoms with Crippen molar-refractivity contribution in [2.75, 3.05) is 25.0 Å². The van der Waals surface area contributed by atoms with Crippen LogP contribution in [0.1, 0.15) is 32.8 Å². The molecule has 0 aliphatic carbocycles. The summed E-state index contributed by atoms with van der Waals surface area (Å²) in [4.78, 5) is 13.8. The summed E-state index contributed by atoms with van der Waals surface area (Å²) in [5.74, 6) is 0.0138. The first-order valence-corrected chi connectivity index (χ1v) is 7.82. The number of halogens is 1. The van der Waals surface area contributed by atoms with Crippen molar-refractivity contribution in [1.82, 2.24) is 10.6 Å². The number of anilines is 1. The van der Waals surface area contributed by atoms with Crippen LogP contribution in [0.15, 0.2) is 18.2 Å². The maximum absolute atomic E-state index is 11.9. The Morgan fingerprint density at radius 3 is 2.71 bits per heavy atom. The summed E-state index contributed by atoms with van der Waals surface area (Å²) in [6, 6.07) is 5.95. The van der Waals surface area contributed by atoms with E-state index < -0.39 is 0 Å². The van der Waals surface area contributed by atoms with E-state index in [2.05, 4.69) is 17.6 Å². The second-order valence-electron chi connectivity index (χ2n) is 5.49. The van der Waals surface area contributed by atoms with E-state index in [9.17, 15) is 4.79 Å². The van der Waals surface area contributed by atoms with Gasteiger partial charge >= 0.3 is 0 Å². The molecule has 1 aromatic carbocycles. The van der Waals surface area contributed by atoms with Crippen LogP contribution in [0, 0.1) is 0 Å². The molecule has 0 radical (unpaired) electrons. The Kier molecular flexibility index (Phi) is 7.54. The fraction of sp³-hybridized carbons (Fsp3) is 0.562. The van der Waals surface area contributed by atoms with Crippen LogP contribution in [0.25, 0.3) is 0 Å². The van der Waals surface area contributed by atoms with Crippen molar-refractivity contribution < 1.29 is 4.79 Å². The molecule has 1 amide bonds. The molecule has 4 nitrogen and oxygen atoms in total. The Hall–Kier alpha value is -1.26. The van der Waals surface area contributed by atoms with Crippen molar-refractivity contribution in [2.45, 2.75) is 39.8 Å². The zero-order valence-electron chi connectivity index (χ0n) is 13.4. The number of carbonyl (C=O) groups excluding carboxylic acids is 1. The monoisotopic (exact) mass is 311 g/mol. The van der Waals surface area contributed by atoms with Gasteiger partial charge in [0.1, 0.15) is 0 Å². The van der Waals surface area contributed by atoms with Crippen LogP contribution in [0.5, 0.6) is 0 Å². The minimum Gasteiger partial charge on any atom is -0.365 e. The van der Waals surface area contributed by atoms with Crippen LogP contribution in [-0.4, -0.2) is 32.1 Å². The predicted molar refractivity (Wildman–Crippen MR) is 90.0 cm³/mol. The van der Waals surface area contributed by atoms with Crippen molar-refractivity contribution in [3.63, 3.8) is 0 Å². The molecule has 0 heterocycles. The third kappa shape index (κ3) is 5.94. The molecule has 2 N–H and O–H groups in total. The standard InChI is InChI=1S/C16H26ClN3O/c1-5-9-18-10-13-14(17)7-6-8-15(13)20(4)11-16(21)19-12(2)3/h6-8,12,18H,5,9-11H2,1-4H3,(H,19,21). The summed E-state index contributed by atoms with van der Waals surface area (Å²) in [7, 11) is 1.91. The van der Waals surface area contributed by atoms with Gasteiger partial charge in [0.05, 0.1) is 6.54 Å². The van der Waals surface area contributed by atoms with E-state index >= 15 is 0 Å². The molecule has 0 spiro atoms. The summed E-state index contributed by atoms with van der Waals surface area (Å²) in [6.45, 7) is 8.01. The molecule has 118 valence electrons. The Labute approximate surface area is 132 Å². The summed E-state index contributed by atoms with van der Waals surface area (Å²) in [6.07, 6.45) is 1.08. The Bertz CT molecular complexity index is 463. The molecule has 0 bridgehead atoms. The third-order valence-corrected chi connectivity index (χ3v) is 3.42. The number of amides is 1. The second-order valence-corrected chi connectivity index (χ2v) is 5.90. The molecule has 21 heavy (non-hydrogen) atoms. The normalized spacial score (nSPS) is 10.8. The van der Waals surface area contributed by atoms with Gasteiger partial charge in [-0.3, -0.25) is 4.79 Å². The minimum atomic E-state index is 0.0138. The topological polar surface area (TPSA) is 44.4 Å². The summed E-state index contributed by atoms with van der Waals surface area (Å²) < 4.78 is 0. The molecular weight excluding hydrogens is 286 g/mol. The van der Waals surface area contributed by atoms with Crippen molar-refractivity contribution in [1.29, 1.82) is 0 Å². The van der Waals surface area contributed by atoms with Crippen molar-refractivity contribution >= 4 is 23.2 Å². The number of hydrogen-bond acceptors (Lipinski definition) is 3. The van der Waals surface area contributed by atoms with Crippen molar-refractivity contribution in [3.8, 4) is 0 Å². The number of rotatable bonds is 8. The third-order valence-electron chi connectivity index (χ3n) is 3.06. The van der Waals surface area contributed by atoms with Crippen LogP contribution >= 0.6 is 11.6 Å². The highest BCUT2D eigenvalue weighted by atomic mass is 35.5. The molecule has 1 rings (SSSR count). The molecule has 0 aromatic heterocycles. The quantitative estimate of drug-likeness (QED) is 0.726. The van der Waals surface area contributed by atoms with Gasteiger partial charge < -0.3 is 15.5 Å². The molecule has 0 aliphatic heterocycles. The highest BCUT2D eigenvalue weighted by Gasteiger charge is 2.13. The van der Waals surface area contributed by atoms with E-state index in [1.165, 1.54) is 0 Å². The molecule has 0 fully saturated rings. The van der Waals surface area contributed by atoms with Gasteiger partial charge in [-0.25, -0.2) is 0 Å². The van der Waals surface area contributed by atoms with Gasteiger partial charge in [-0.2, -0.15) is 0 Å². The lowest BCUT2D eigenvalue weighted by Crippen LogP contribution is -2.39. The highest BCUT2D eigenvalue weighted by Crippen LogP contribution is 2.26. The molecular formula is C16H26ClN3O. The highest BCUT2D eigenvalue weighted by molar-refractivity contribution is 6.31. The lowest BCUT2D eigenvalue weighted by Gasteiger charge is -2.23. The number of likely N-dealkylation sites (N-methyl/N-ethyl adjacent to an activating group) is 1. The Balaban J connectivity index is 2.80. The molecule has 0 unspecified atom stereocenters. The van der Waals surface area contributed by atoms with E-state index in [-0.39, 0.29) is 11.9 Å². The number of hydrogen-bond donors (Lipinski definition) is 2. The van der Waals surface area contributed by atoms with Crippen molar-refractivity contribution in [3.05, 3.63) is 28.8 Å². The van der Waals surface area contributed by atoms with Crippen LogP contribution in [0.3, 0.4) is 0 Å². The van der Waals surface area contributed by atoms with Crippen LogP contribution in [0.2, 0.25) is 5.02 Å². The van der Waals surface area contributed by atoms with Gasteiger partial charge in [0.15, 0.2) is 0 Å². The molecule has 5 heteroatoms. The lowest BCUT2D eigenvalue weighted by atomic mass is 10.1. The van der Waals surface area contributed by atoms with E-state index in [1.807, 2.05) is 44.0 Å². The molecule has 0 atom stereocenters. The van der Waals surface area contributed by atoms with Gasteiger partial charge in [-0.15, -0.1) is 0 Å². The molecule has 0 aliphatic rings. The van der Waals surface area contributed by atoms with Gasteiger partial charge in [0.2, 0.25) is 5.91 Å². The van der Waals surface area contributed by atoms with E-state index in [4.69, 9.17) is 11.6 Å². The zero-order valence-corrected chi connectivity index (χ0v) is 14.1. The first-order valence-electron chi connectivity index (χ1n) is 7.44. The summed E-state index contributed by atoms with van der Waals surface area (Å²) >= 11 is 6.31. The summed E-state index contributed by atoms with van der Waals surface area (Å²) in [5, 5.41) is 6.99. The van der Waals surface area contributed by atoms with Gasteiger partial charge in [-0.05, 0) is 38.9 Å². The molecule has 1 aromatic rings. The lowest BCUT2D eigenvalue weighted by molar-refractivity contribution is -0.120. The Morgan fingerprint density at radius 1 is 1.38 bits per heavy atom. The average molecular weight is 312 g/mol. The largest absolute Gasteiger partial charge is 0.365 e. The smallest absolute Gasteiger partial charge is 0.239 e. The number of nitrogens with zero attached hydrogens (tertiary/aromatic N) is 1. The van der Waals surface area contributed by atoms with Crippen LogP contribution in [-0.2, 0) is 11.3 Å². The first kappa shape index (κ1) is 17.8. The predicted octanol–water partition coefficient (Wildman–Crippen LogP) is 2.80. The fourth-order valence-electron chi connectivity index (χ4n) is 2.14. The second kappa shape index (κ2) is 8.90. The van der Waals surface area contributed by atoms with Gasteiger partial charge in [-0.1, -0.05) is 24.6 Å². The average Bonchev–Trinajstić information content (AvgIpc) is 2.39. The number of benzene rings is 1. The van der Waals surface area contributed by atoms with E-state index in [1.54, 1.807) is 0 Å². The summed E-state index contributed by atoms with van der Waals surface area (Å²) in [5.41, 5.74) is 2.03. The van der Waals surface area contributed by atoms with Gasteiger partial charge in [0, 0.05) is 35.9 Å². The van der Waals surface area contributed by atoms with Crippen LogP contribution in [0.4, 0.5) is 5.69 Å². The fourth-order valence-corrected chi connectivity index (χ4v) is 2.37. The molecule has 0 saturated heterocycles. The van der Waals surface area contributed by atoms with E-state index in [0.29, 0.717) is 13.1 Å². The van der Waals surface area contributed by atoms with Gasteiger partial charge in [0.25, 0.3) is 0 Å².